The molecule has 0 aliphatic heterocycles. The van der Waals surface area contributed by atoms with Crippen molar-refractivity contribution in [1.82, 2.24) is 4.90 Å². The molecule has 0 amide bonds. The Morgan fingerprint density at radius 3 is 2.26 bits per heavy atom. The lowest BCUT2D eigenvalue weighted by atomic mass is 10.0. The highest BCUT2D eigenvalue weighted by molar-refractivity contribution is 5.71. The Bertz CT molecular complexity index is 586. The molecule has 2 aromatic carbocycles. The van der Waals surface area contributed by atoms with Crippen molar-refractivity contribution in [1.29, 1.82) is 0 Å². The average Bonchev–Trinajstić information content (AvgIpc) is 2.57. The van der Waals surface area contributed by atoms with E-state index in [2.05, 4.69) is 0 Å². The SMILES string of the molecule is CCOC(=O)CN(Cc1ccccc1)[C@H](CO)c1ccccc1. The van der Waals surface area contributed by atoms with E-state index in [-0.39, 0.29) is 25.2 Å². The van der Waals surface area contributed by atoms with E-state index in [1.807, 2.05) is 65.6 Å². The molecule has 0 aliphatic rings. The number of ether oxygens (including phenoxy) is 1. The van der Waals surface area contributed by atoms with Gasteiger partial charge in [-0.2, -0.15) is 0 Å². The van der Waals surface area contributed by atoms with Crippen molar-refractivity contribution in [3.8, 4) is 0 Å². The lowest BCUT2D eigenvalue weighted by molar-refractivity contribution is -0.145. The van der Waals surface area contributed by atoms with Crippen LogP contribution in [0.4, 0.5) is 0 Å². The summed E-state index contributed by atoms with van der Waals surface area (Å²) in [6, 6.07) is 19.4. The van der Waals surface area contributed by atoms with E-state index in [9.17, 15) is 9.90 Å². The van der Waals surface area contributed by atoms with Gasteiger partial charge in [0.1, 0.15) is 0 Å². The second-order valence-electron chi connectivity index (χ2n) is 5.30. The van der Waals surface area contributed by atoms with Crippen LogP contribution in [0.1, 0.15) is 24.1 Å². The minimum Gasteiger partial charge on any atom is -0.465 e. The number of hydrogen-bond donors (Lipinski definition) is 1. The fraction of sp³-hybridized carbons (Fsp3) is 0.316. The molecule has 23 heavy (non-hydrogen) atoms. The number of aliphatic hydroxyl groups excluding tert-OH is 1. The Balaban J connectivity index is 2.21. The van der Waals surface area contributed by atoms with Crippen molar-refractivity contribution in [2.75, 3.05) is 19.8 Å². The second-order valence-corrected chi connectivity index (χ2v) is 5.30. The van der Waals surface area contributed by atoms with Gasteiger partial charge in [-0.3, -0.25) is 9.69 Å². The smallest absolute Gasteiger partial charge is 0.320 e. The van der Waals surface area contributed by atoms with Crippen LogP contribution in [-0.4, -0.2) is 35.7 Å². The minimum absolute atomic E-state index is 0.0593. The molecule has 1 atom stereocenters. The van der Waals surface area contributed by atoms with Gasteiger partial charge >= 0.3 is 5.97 Å². The summed E-state index contributed by atoms with van der Waals surface area (Å²) in [5.74, 6) is -0.280. The fourth-order valence-corrected chi connectivity index (χ4v) is 2.57. The molecule has 0 aromatic heterocycles. The topological polar surface area (TPSA) is 49.8 Å². The van der Waals surface area contributed by atoms with Gasteiger partial charge in [-0.1, -0.05) is 60.7 Å². The van der Waals surface area contributed by atoms with E-state index >= 15 is 0 Å². The molecule has 2 rings (SSSR count). The summed E-state index contributed by atoms with van der Waals surface area (Å²) in [6.07, 6.45) is 0. The molecule has 0 saturated carbocycles. The van der Waals surface area contributed by atoms with Crippen LogP contribution in [0.25, 0.3) is 0 Å². The van der Waals surface area contributed by atoms with Crippen molar-refractivity contribution < 1.29 is 14.6 Å². The molecule has 0 fully saturated rings. The summed E-state index contributed by atoms with van der Waals surface area (Å²) in [7, 11) is 0. The maximum absolute atomic E-state index is 11.9. The molecule has 1 N–H and O–H groups in total. The molecular formula is C19H23NO3. The Kier molecular flexibility index (Phi) is 6.78. The molecule has 2 aromatic rings. The van der Waals surface area contributed by atoms with Crippen LogP contribution >= 0.6 is 0 Å². The molecule has 0 heterocycles. The standard InChI is InChI=1S/C19H23NO3/c1-2-23-19(22)14-20(13-16-9-5-3-6-10-16)18(15-21)17-11-7-4-8-12-17/h3-12,18,21H,2,13-15H2,1H3/t18-/m1/s1. The van der Waals surface area contributed by atoms with Crippen LogP contribution in [0.2, 0.25) is 0 Å². The summed E-state index contributed by atoms with van der Waals surface area (Å²) in [6.45, 7) is 2.80. The number of carbonyl (C=O) groups excluding carboxylic acids is 1. The van der Waals surface area contributed by atoms with Gasteiger partial charge in [-0.25, -0.2) is 0 Å². The van der Waals surface area contributed by atoms with Crippen LogP contribution in [0, 0.1) is 0 Å². The third-order valence-corrected chi connectivity index (χ3v) is 3.66. The molecule has 122 valence electrons. The molecule has 4 nitrogen and oxygen atoms in total. The fourth-order valence-electron chi connectivity index (χ4n) is 2.57. The first-order valence-electron chi connectivity index (χ1n) is 7.84. The lowest BCUT2D eigenvalue weighted by Crippen LogP contribution is -2.36. The maximum Gasteiger partial charge on any atom is 0.320 e. The van der Waals surface area contributed by atoms with E-state index < -0.39 is 0 Å². The van der Waals surface area contributed by atoms with Gasteiger partial charge in [0, 0.05) is 6.54 Å². The Labute approximate surface area is 137 Å². The highest BCUT2D eigenvalue weighted by Crippen LogP contribution is 2.22. The molecule has 4 heteroatoms. The van der Waals surface area contributed by atoms with E-state index in [0.717, 1.165) is 11.1 Å². The van der Waals surface area contributed by atoms with Crippen LogP contribution in [0.3, 0.4) is 0 Å². The first-order chi connectivity index (χ1) is 11.2. The van der Waals surface area contributed by atoms with Gasteiger partial charge < -0.3 is 9.84 Å². The third kappa shape index (κ3) is 5.20. The first kappa shape index (κ1) is 17.2. The molecule has 0 aliphatic carbocycles. The van der Waals surface area contributed by atoms with Crippen molar-refractivity contribution in [3.63, 3.8) is 0 Å². The zero-order valence-electron chi connectivity index (χ0n) is 13.4. The zero-order chi connectivity index (χ0) is 16.5. The molecule has 0 spiro atoms. The average molecular weight is 313 g/mol. The number of carbonyl (C=O) groups is 1. The van der Waals surface area contributed by atoms with Crippen molar-refractivity contribution in [2.45, 2.75) is 19.5 Å². The Hall–Kier alpha value is -2.17. The van der Waals surface area contributed by atoms with Crippen LogP contribution < -0.4 is 0 Å². The molecule has 0 saturated heterocycles. The largest absolute Gasteiger partial charge is 0.465 e. The molecule has 0 unspecified atom stereocenters. The van der Waals surface area contributed by atoms with Crippen LogP contribution in [-0.2, 0) is 16.1 Å². The molecule has 0 bridgehead atoms. The quantitative estimate of drug-likeness (QED) is 0.761. The minimum atomic E-state index is -0.280. The number of esters is 1. The molecule has 0 radical (unpaired) electrons. The van der Waals surface area contributed by atoms with E-state index in [0.29, 0.717) is 13.2 Å². The monoisotopic (exact) mass is 313 g/mol. The van der Waals surface area contributed by atoms with E-state index in [1.165, 1.54) is 0 Å². The number of hydrogen-bond acceptors (Lipinski definition) is 4. The zero-order valence-corrected chi connectivity index (χ0v) is 13.4. The van der Waals surface area contributed by atoms with Crippen LogP contribution in [0.5, 0.6) is 0 Å². The Morgan fingerprint density at radius 2 is 1.70 bits per heavy atom. The summed E-state index contributed by atoms with van der Waals surface area (Å²) >= 11 is 0. The number of rotatable bonds is 8. The van der Waals surface area contributed by atoms with Gasteiger partial charge in [0.15, 0.2) is 0 Å². The highest BCUT2D eigenvalue weighted by atomic mass is 16.5. The van der Waals surface area contributed by atoms with Crippen molar-refractivity contribution in [2.24, 2.45) is 0 Å². The molecular weight excluding hydrogens is 290 g/mol. The summed E-state index contributed by atoms with van der Waals surface area (Å²) < 4.78 is 5.08. The van der Waals surface area contributed by atoms with E-state index in [1.54, 1.807) is 6.92 Å². The predicted octanol–water partition coefficient (Wildman–Crippen LogP) is 2.79. The normalized spacial score (nSPS) is 12.1. The number of aliphatic hydroxyl groups is 1. The summed E-state index contributed by atoms with van der Waals surface area (Å²) in [5.41, 5.74) is 2.07. The highest BCUT2D eigenvalue weighted by Gasteiger charge is 2.22. The van der Waals surface area contributed by atoms with Crippen LogP contribution in [0.15, 0.2) is 60.7 Å². The van der Waals surface area contributed by atoms with Gasteiger partial charge in [-0.05, 0) is 18.1 Å². The van der Waals surface area contributed by atoms with Crippen molar-refractivity contribution >= 4 is 5.97 Å². The maximum atomic E-state index is 11.9. The summed E-state index contributed by atoms with van der Waals surface area (Å²) in [5, 5.41) is 9.88. The first-order valence-corrected chi connectivity index (χ1v) is 7.84. The Morgan fingerprint density at radius 1 is 1.09 bits per heavy atom. The van der Waals surface area contributed by atoms with Gasteiger partial charge in [0.05, 0.1) is 25.8 Å². The summed E-state index contributed by atoms with van der Waals surface area (Å²) in [4.78, 5) is 13.9. The van der Waals surface area contributed by atoms with Gasteiger partial charge in [-0.15, -0.1) is 0 Å². The second kappa shape index (κ2) is 9.08. The van der Waals surface area contributed by atoms with Crippen molar-refractivity contribution in [3.05, 3.63) is 71.8 Å². The van der Waals surface area contributed by atoms with Gasteiger partial charge in [0.2, 0.25) is 0 Å². The number of benzene rings is 2. The van der Waals surface area contributed by atoms with Gasteiger partial charge in [0.25, 0.3) is 0 Å². The number of nitrogens with zero attached hydrogens (tertiary/aromatic N) is 1. The van der Waals surface area contributed by atoms with E-state index in [4.69, 9.17) is 4.74 Å². The predicted molar refractivity (Wildman–Crippen MR) is 89.8 cm³/mol. The third-order valence-electron chi connectivity index (χ3n) is 3.66. The lowest BCUT2D eigenvalue weighted by Gasteiger charge is -2.30.